The van der Waals surface area contributed by atoms with Gasteiger partial charge in [0.25, 0.3) is 11.5 Å². The number of nitrogens with zero attached hydrogens (tertiary/aromatic N) is 2. The summed E-state index contributed by atoms with van der Waals surface area (Å²) in [5.41, 5.74) is 2.67. The number of fused-ring (bicyclic) bond motifs is 1. The molecular weight excluding hydrogens is 340 g/mol. The van der Waals surface area contributed by atoms with Crippen LogP contribution in [0.5, 0.6) is 0 Å². The maximum atomic E-state index is 12.5. The number of H-pyrrole nitrogens is 1. The molecule has 0 aliphatic rings. The van der Waals surface area contributed by atoms with Crippen molar-refractivity contribution in [2.24, 2.45) is 0 Å². The number of rotatable bonds is 6. The molecule has 1 aromatic heterocycles. The maximum Gasteiger partial charge on any atom is 0.258 e. The Balaban J connectivity index is 1.73. The Bertz CT molecular complexity index is 993. The van der Waals surface area contributed by atoms with Crippen molar-refractivity contribution in [3.8, 4) is 0 Å². The van der Waals surface area contributed by atoms with Crippen molar-refractivity contribution < 1.29 is 4.79 Å². The van der Waals surface area contributed by atoms with Crippen LogP contribution in [0.15, 0.2) is 53.6 Å². The number of hydrogen-bond acceptors (Lipinski definition) is 4. The van der Waals surface area contributed by atoms with Crippen molar-refractivity contribution in [2.75, 3.05) is 11.9 Å². The average molecular weight is 364 g/mol. The second kappa shape index (κ2) is 8.14. The molecule has 140 valence electrons. The summed E-state index contributed by atoms with van der Waals surface area (Å²) in [5.74, 6) is -0.211. The van der Waals surface area contributed by atoms with E-state index in [1.54, 1.807) is 18.2 Å². The molecule has 1 heterocycles. The van der Waals surface area contributed by atoms with Crippen LogP contribution >= 0.6 is 0 Å². The third kappa shape index (κ3) is 4.41. The van der Waals surface area contributed by atoms with Gasteiger partial charge in [-0.2, -0.15) is 0 Å². The molecule has 2 N–H and O–H groups in total. The number of carbonyl (C=O) groups excluding carboxylic acids is 1. The monoisotopic (exact) mass is 364 g/mol. The van der Waals surface area contributed by atoms with Crippen molar-refractivity contribution >= 4 is 22.5 Å². The first-order chi connectivity index (χ1) is 13.0. The second-order valence-corrected chi connectivity index (χ2v) is 6.77. The second-order valence-electron chi connectivity index (χ2n) is 6.77. The molecule has 0 saturated heterocycles. The van der Waals surface area contributed by atoms with Gasteiger partial charge in [-0.25, -0.2) is 4.98 Å². The van der Waals surface area contributed by atoms with Crippen LogP contribution < -0.4 is 10.9 Å². The van der Waals surface area contributed by atoms with Crippen LogP contribution in [0.3, 0.4) is 0 Å². The third-order valence-electron chi connectivity index (χ3n) is 4.64. The molecule has 1 amide bonds. The molecule has 27 heavy (non-hydrogen) atoms. The molecule has 0 bridgehead atoms. The molecule has 0 saturated carbocycles. The van der Waals surface area contributed by atoms with E-state index in [9.17, 15) is 9.59 Å². The normalized spacial score (nSPS) is 11.3. The maximum absolute atomic E-state index is 12.5. The Kier molecular flexibility index (Phi) is 5.66. The molecule has 0 aliphatic carbocycles. The van der Waals surface area contributed by atoms with E-state index in [0.29, 0.717) is 28.2 Å². The number of aromatic amines is 1. The number of benzene rings is 2. The van der Waals surface area contributed by atoms with Crippen LogP contribution in [-0.4, -0.2) is 33.4 Å². The van der Waals surface area contributed by atoms with Crippen molar-refractivity contribution in [2.45, 2.75) is 33.4 Å². The number of amides is 1. The van der Waals surface area contributed by atoms with E-state index in [1.165, 1.54) is 11.9 Å². The number of aromatic nitrogens is 2. The van der Waals surface area contributed by atoms with Gasteiger partial charge in [0.2, 0.25) is 0 Å². The summed E-state index contributed by atoms with van der Waals surface area (Å²) in [6, 6.07) is 13.2. The zero-order valence-corrected chi connectivity index (χ0v) is 15.8. The fraction of sp³-hybridized carbons (Fsp3) is 0.286. The summed E-state index contributed by atoms with van der Waals surface area (Å²) in [6.07, 6.45) is 1.36. The predicted octanol–water partition coefficient (Wildman–Crippen LogP) is 3.41. The lowest BCUT2D eigenvalue weighted by molar-refractivity contribution is 0.102. The molecule has 0 unspecified atom stereocenters. The molecule has 0 atom stereocenters. The lowest BCUT2D eigenvalue weighted by atomic mass is 10.1. The molecule has 0 spiro atoms. The molecule has 0 fully saturated rings. The predicted molar refractivity (Wildman–Crippen MR) is 108 cm³/mol. The molecule has 6 nitrogen and oxygen atoms in total. The van der Waals surface area contributed by atoms with Crippen LogP contribution in [0.4, 0.5) is 5.69 Å². The van der Waals surface area contributed by atoms with E-state index >= 15 is 0 Å². The highest BCUT2D eigenvalue weighted by molar-refractivity contribution is 6.05. The fourth-order valence-electron chi connectivity index (χ4n) is 3.01. The molecule has 0 radical (unpaired) electrons. The zero-order chi connectivity index (χ0) is 19.4. The third-order valence-corrected chi connectivity index (χ3v) is 4.64. The quantitative estimate of drug-likeness (QED) is 0.703. The van der Waals surface area contributed by atoms with Gasteiger partial charge in [-0.3, -0.25) is 14.5 Å². The van der Waals surface area contributed by atoms with Crippen LogP contribution in [0.1, 0.15) is 36.7 Å². The minimum absolute atomic E-state index is 0.211. The Morgan fingerprint density at radius 2 is 1.93 bits per heavy atom. The Hall–Kier alpha value is -2.99. The van der Waals surface area contributed by atoms with Crippen molar-refractivity contribution in [1.82, 2.24) is 14.9 Å². The van der Waals surface area contributed by atoms with Gasteiger partial charge < -0.3 is 10.3 Å². The van der Waals surface area contributed by atoms with Gasteiger partial charge >= 0.3 is 0 Å². The molecular formula is C21H24N4O2. The smallest absolute Gasteiger partial charge is 0.258 e. The largest absolute Gasteiger partial charge is 0.322 e. The molecule has 3 aromatic rings. The van der Waals surface area contributed by atoms with Gasteiger partial charge in [0, 0.05) is 23.8 Å². The number of carbonyl (C=O) groups is 1. The van der Waals surface area contributed by atoms with Crippen LogP contribution in [0.25, 0.3) is 10.9 Å². The summed E-state index contributed by atoms with van der Waals surface area (Å²) in [4.78, 5) is 33.4. The van der Waals surface area contributed by atoms with Crippen LogP contribution in [-0.2, 0) is 6.54 Å². The summed E-state index contributed by atoms with van der Waals surface area (Å²) < 4.78 is 0. The van der Waals surface area contributed by atoms with E-state index < -0.39 is 0 Å². The first-order valence-electron chi connectivity index (χ1n) is 9.09. The van der Waals surface area contributed by atoms with Crippen molar-refractivity contribution in [1.29, 1.82) is 0 Å². The Morgan fingerprint density at radius 1 is 1.19 bits per heavy atom. The zero-order valence-electron chi connectivity index (χ0n) is 15.8. The van der Waals surface area contributed by atoms with Crippen LogP contribution in [0, 0.1) is 0 Å². The van der Waals surface area contributed by atoms with Gasteiger partial charge in [-0.15, -0.1) is 0 Å². The highest BCUT2D eigenvalue weighted by Gasteiger charge is 2.10. The molecule has 2 aromatic carbocycles. The minimum Gasteiger partial charge on any atom is -0.322 e. The van der Waals surface area contributed by atoms with Gasteiger partial charge in [0.05, 0.1) is 17.2 Å². The van der Waals surface area contributed by atoms with Gasteiger partial charge in [0.1, 0.15) is 0 Å². The SMILES string of the molecule is CCN(Cc1ccc(C(=O)Nc2ccc3nc[nH]c(=O)c3c2)cc1)C(C)C. The lowest BCUT2D eigenvalue weighted by Crippen LogP contribution is -2.29. The Morgan fingerprint density at radius 3 is 2.59 bits per heavy atom. The summed E-state index contributed by atoms with van der Waals surface area (Å²) >= 11 is 0. The molecule has 0 aliphatic heterocycles. The number of hydrogen-bond donors (Lipinski definition) is 2. The van der Waals surface area contributed by atoms with E-state index in [2.05, 4.69) is 41.0 Å². The van der Waals surface area contributed by atoms with E-state index in [0.717, 1.165) is 13.1 Å². The highest BCUT2D eigenvalue weighted by Crippen LogP contribution is 2.16. The fourth-order valence-corrected chi connectivity index (χ4v) is 3.01. The Labute approximate surface area is 158 Å². The lowest BCUT2D eigenvalue weighted by Gasteiger charge is -2.24. The molecule has 6 heteroatoms. The average Bonchev–Trinajstić information content (AvgIpc) is 2.67. The van der Waals surface area contributed by atoms with Crippen molar-refractivity contribution in [3.05, 3.63) is 70.3 Å². The topological polar surface area (TPSA) is 78.1 Å². The van der Waals surface area contributed by atoms with Gasteiger partial charge in [-0.05, 0) is 56.3 Å². The van der Waals surface area contributed by atoms with Gasteiger partial charge in [-0.1, -0.05) is 19.1 Å². The van der Waals surface area contributed by atoms with Gasteiger partial charge in [0.15, 0.2) is 0 Å². The van der Waals surface area contributed by atoms with E-state index in [4.69, 9.17) is 0 Å². The summed E-state index contributed by atoms with van der Waals surface area (Å²) in [5, 5.41) is 3.28. The van der Waals surface area contributed by atoms with E-state index in [1.807, 2.05) is 24.3 Å². The first kappa shape index (κ1) is 18.8. The number of anilines is 1. The van der Waals surface area contributed by atoms with Crippen molar-refractivity contribution in [3.63, 3.8) is 0 Å². The molecule has 3 rings (SSSR count). The van der Waals surface area contributed by atoms with E-state index in [-0.39, 0.29) is 11.5 Å². The van der Waals surface area contributed by atoms with Crippen LogP contribution in [0.2, 0.25) is 0 Å². The minimum atomic E-state index is -0.230. The number of nitrogens with one attached hydrogen (secondary N) is 2. The highest BCUT2D eigenvalue weighted by atomic mass is 16.1. The first-order valence-corrected chi connectivity index (χ1v) is 9.09. The standard InChI is InChI=1S/C21H24N4O2/c1-4-25(14(2)3)12-15-5-7-16(8-6-15)20(26)24-17-9-10-19-18(11-17)21(27)23-13-22-19/h5-11,13-14H,4,12H2,1-3H3,(H,24,26)(H,22,23,27). The summed E-state index contributed by atoms with van der Waals surface area (Å²) in [7, 11) is 0. The summed E-state index contributed by atoms with van der Waals surface area (Å²) in [6.45, 7) is 8.34.